The molecule has 0 aliphatic heterocycles. The molecule has 0 radical (unpaired) electrons. The molecule has 128 valence electrons. The Morgan fingerprint density at radius 1 is 1.30 bits per heavy atom. The van der Waals surface area contributed by atoms with E-state index in [1.54, 1.807) is 4.90 Å². The van der Waals surface area contributed by atoms with Crippen LogP contribution in [0.5, 0.6) is 0 Å². The van der Waals surface area contributed by atoms with Gasteiger partial charge < -0.3 is 15.0 Å². The highest BCUT2D eigenvalue weighted by Crippen LogP contribution is 2.19. The number of amides is 1. The molecule has 0 spiro atoms. The summed E-state index contributed by atoms with van der Waals surface area (Å²) in [5, 5.41) is 3.89. The first-order valence-electron chi connectivity index (χ1n) is 7.71. The number of nitrogens with one attached hydrogen (secondary N) is 1. The summed E-state index contributed by atoms with van der Waals surface area (Å²) in [5.41, 5.74) is 1.90. The van der Waals surface area contributed by atoms with Crippen LogP contribution in [0, 0.1) is 6.92 Å². The van der Waals surface area contributed by atoms with Gasteiger partial charge in [-0.3, -0.25) is 9.59 Å². The van der Waals surface area contributed by atoms with Crippen LogP contribution in [0.25, 0.3) is 0 Å². The summed E-state index contributed by atoms with van der Waals surface area (Å²) >= 11 is 6.07. The fraction of sp³-hybridized carbons (Fsp3) is 0.529. The second kappa shape index (κ2) is 9.40. The smallest absolute Gasteiger partial charge is 0.307 e. The molecule has 0 aromatic heterocycles. The first-order valence-corrected chi connectivity index (χ1v) is 8.09. The lowest BCUT2D eigenvalue weighted by molar-refractivity contribution is -0.142. The number of esters is 1. The highest BCUT2D eigenvalue weighted by molar-refractivity contribution is 6.31. The van der Waals surface area contributed by atoms with Crippen LogP contribution in [0.2, 0.25) is 5.02 Å². The number of rotatable bonds is 8. The highest BCUT2D eigenvalue weighted by atomic mass is 35.5. The lowest BCUT2D eigenvalue weighted by Gasteiger charge is -2.26. The van der Waals surface area contributed by atoms with Crippen LogP contribution in [0.1, 0.15) is 32.3 Å². The highest BCUT2D eigenvalue weighted by Gasteiger charge is 2.17. The third-order valence-electron chi connectivity index (χ3n) is 3.57. The number of hydrogen-bond acceptors (Lipinski definition) is 4. The zero-order chi connectivity index (χ0) is 17.4. The van der Waals surface area contributed by atoms with Gasteiger partial charge in [0.15, 0.2) is 0 Å². The van der Waals surface area contributed by atoms with E-state index in [1.807, 2.05) is 39.0 Å². The lowest BCUT2D eigenvalue weighted by Crippen LogP contribution is -2.39. The van der Waals surface area contributed by atoms with Crippen molar-refractivity contribution < 1.29 is 14.3 Å². The van der Waals surface area contributed by atoms with Gasteiger partial charge in [0.1, 0.15) is 0 Å². The van der Waals surface area contributed by atoms with E-state index in [9.17, 15) is 9.59 Å². The van der Waals surface area contributed by atoms with Crippen molar-refractivity contribution >= 4 is 29.2 Å². The number of anilines is 1. The fourth-order valence-corrected chi connectivity index (χ4v) is 2.33. The molecule has 1 N–H and O–H groups in total. The van der Waals surface area contributed by atoms with Crippen molar-refractivity contribution in [2.75, 3.05) is 25.5 Å². The molecule has 0 unspecified atom stereocenters. The Bertz CT molecular complexity index is 547. The number of benzene rings is 1. The van der Waals surface area contributed by atoms with Gasteiger partial charge in [-0.1, -0.05) is 17.7 Å². The predicted molar refractivity (Wildman–Crippen MR) is 92.8 cm³/mol. The van der Waals surface area contributed by atoms with Crippen molar-refractivity contribution in [2.45, 2.75) is 39.7 Å². The van der Waals surface area contributed by atoms with Crippen LogP contribution >= 0.6 is 11.6 Å². The number of hydrogen-bond donors (Lipinski definition) is 1. The molecule has 1 amide bonds. The molecule has 0 aliphatic carbocycles. The van der Waals surface area contributed by atoms with Crippen molar-refractivity contribution in [3.8, 4) is 0 Å². The van der Waals surface area contributed by atoms with E-state index in [4.69, 9.17) is 11.6 Å². The van der Waals surface area contributed by atoms with E-state index in [0.717, 1.165) is 11.3 Å². The van der Waals surface area contributed by atoms with E-state index in [1.165, 1.54) is 7.11 Å². The van der Waals surface area contributed by atoms with E-state index in [-0.39, 0.29) is 24.3 Å². The third-order valence-corrected chi connectivity index (χ3v) is 3.98. The molecule has 6 heteroatoms. The number of halogens is 1. The molecule has 23 heavy (non-hydrogen) atoms. The monoisotopic (exact) mass is 340 g/mol. The zero-order valence-corrected chi connectivity index (χ0v) is 14.9. The molecule has 1 aromatic carbocycles. The van der Waals surface area contributed by atoms with Crippen LogP contribution in [-0.4, -0.2) is 43.0 Å². The summed E-state index contributed by atoms with van der Waals surface area (Å²) < 4.78 is 4.62. The maximum atomic E-state index is 12.3. The summed E-state index contributed by atoms with van der Waals surface area (Å²) in [7, 11) is 1.35. The number of nitrogens with zero attached hydrogens (tertiary/aromatic N) is 1. The molecule has 1 rings (SSSR count). The number of carbonyl (C=O) groups is 2. The first kappa shape index (κ1) is 19.3. The zero-order valence-electron chi connectivity index (χ0n) is 14.2. The molecular weight excluding hydrogens is 316 g/mol. The largest absolute Gasteiger partial charge is 0.469 e. The maximum absolute atomic E-state index is 12.3. The third kappa shape index (κ3) is 6.48. The van der Waals surface area contributed by atoms with E-state index >= 15 is 0 Å². The van der Waals surface area contributed by atoms with Gasteiger partial charge in [0, 0.05) is 36.3 Å². The molecule has 0 fully saturated rings. The van der Waals surface area contributed by atoms with Crippen molar-refractivity contribution in [3.05, 3.63) is 28.8 Å². The summed E-state index contributed by atoms with van der Waals surface area (Å²) in [6.07, 6.45) is 0.562. The molecule has 0 bridgehead atoms. The normalized spacial score (nSPS) is 10.5. The quantitative estimate of drug-likeness (QED) is 0.738. The standard InChI is InChI=1S/C17H25ClN2O3/c1-12(2)20(10-8-17(22)23-4)16(21)7-9-19-14-6-5-13(3)15(18)11-14/h5-6,11-12,19H,7-10H2,1-4H3. The fourth-order valence-electron chi connectivity index (χ4n) is 2.14. The SMILES string of the molecule is COC(=O)CCN(C(=O)CCNc1ccc(C)c(Cl)c1)C(C)C. The second-order valence-corrected chi connectivity index (χ2v) is 6.05. The molecule has 1 aromatic rings. The summed E-state index contributed by atoms with van der Waals surface area (Å²) in [5.74, 6) is -0.300. The summed E-state index contributed by atoms with van der Waals surface area (Å²) in [6.45, 7) is 6.70. The molecule has 0 heterocycles. The van der Waals surface area contributed by atoms with Crippen molar-refractivity contribution in [1.82, 2.24) is 4.90 Å². The second-order valence-electron chi connectivity index (χ2n) is 5.65. The van der Waals surface area contributed by atoms with Gasteiger partial charge in [-0.15, -0.1) is 0 Å². The van der Waals surface area contributed by atoms with E-state index < -0.39 is 0 Å². The van der Waals surface area contributed by atoms with Crippen LogP contribution in [0.3, 0.4) is 0 Å². The average molecular weight is 341 g/mol. The van der Waals surface area contributed by atoms with Crippen LogP contribution < -0.4 is 5.32 Å². The van der Waals surface area contributed by atoms with E-state index in [2.05, 4.69) is 10.1 Å². The lowest BCUT2D eigenvalue weighted by atomic mass is 10.2. The Morgan fingerprint density at radius 2 is 2.00 bits per heavy atom. The molecule has 0 saturated heterocycles. The minimum Gasteiger partial charge on any atom is -0.469 e. The van der Waals surface area contributed by atoms with Crippen molar-refractivity contribution in [1.29, 1.82) is 0 Å². The number of ether oxygens (including phenoxy) is 1. The molecule has 5 nitrogen and oxygen atoms in total. The Hall–Kier alpha value is -1.75. The van der Waals surface area contributed by atoms with Gasteiger partial charge >= 0.3 is 5.97 Å². The Labute approximate surface area is 142 Å². The topological polar surface area (TPSA) is 58.6 Å². The van der Waals surface area contributed by atoms with E-state index in [0.29, 0.717) is 24.5 Å². The Kier molecular flexibility index (Phi) is 7.89. The minimum absolute atomic E-state index is 0.00890. The first-order chi connectivity index (χ1) is 10.8. The van der Waals surface area contributed by atoms with Crippen LogP contribution in [0.4, 0.5) is 5.69 Å². The van der Waals surface area contributed by atoms with Crippen molar-refractivity contribution in [3.63, 3.8) is 0 Å². The van der Waals surface area contributed by atoms with Gasteiger partial charge in [0.05, 0.1) is 13.5 Å². The predicted octanol–water partition coefficient (Wildman–Crippen LogP) is 3.25. The minimum atomic E-state index is -0.309. The molecule has 0 aliphatic rings. The van der Waals surface area contributed by atoms with Gasteiger partial charge in [0.2, 0.25) is 5.91 Å². The molecule has 0 saturated carbocycles. The van der Waals surface area contributed by atoms with Crippen molar-refractivity contribution in [2.24, 2.45) is 0 Å². The van der Waals surface area contributed by atoms with Crippen LogP contribution in [0.15, 0.2) is 18.2 Å². The van der Waals surface area contributed by atoms with Crippen LogP contribution in [-0.2, 0) is 14.3 Å². The summed E-state index contributed by atoms with van der Waals surface area (Å²) in [6, 6.07) is 5.76. The Balaban J connectivity index is 2.48. The summed E-state index contributed by atoms with van der Waals surface area (Å²) in [4.78, 5) is 25.2. The van der Waals surface area contributed by atoms with Gasteiger partial charge in [-0.2, -0.15) is 0 Å². The number of methoxy groups -OCH3 is 1. The number of aryl methyl sites for hydroxylation is 1. The van der Waals surface area contributed by atoms with Gasteiger partial charge in [-0.25, -0.2) is 0 Å². The molecule has 0 atom stereocenters. The van der Waals surface area contributed by atoms with Gasteiger partial charge in [0.25, 0.3) is 0 Å². The van der Waals surface area contributed by atoms with Gasteiger partial charge in [-0.05, 0) is 38.5 Å². The molecular formula is C17H25ClN2O3. The number of carbonyl (C=O) groups excluding carboxylic acids is 2. The average Bonchev–Trinajstić information content (AvgIpc) is 2.50. The Morgan fingerprint density at radius 3 is 2.57 bits per heavy atom. The maximum Gasteiger partial charge on any atom is 0.307 e.